The van der Waals surface area contributed by atoms with Crippen molar-refractivity contribution in [3.8, 4) is 5.75 Å². The number of hydrogen-bond acceptors (Lipinski definition) is 4. The first kappa shape index (κ1) is 23.7. The number of hydrogen-bond donors (Lipinski definition) is 1. The van der Waals surface area contributed by atoms with Gasteiger partial charge in [0.25, 0.3) is 11.8 Å². The number of ether oxygens (including phenoxy) is 1. The Morgan fingerprint density at radius 3 is 2.29 bits per heavy atom. The Balaban J connectivity index is 1.54. The molecule has 6 nitrogen and oxygen atoms in total. The first-order valence-electron chi connectivity index (χ1n) is 10.5. The molecule has 1 N–H and O–H groups in total. The van der Waals surface area contributed by atoms with Gasteiger partial charge in [-0.05, 0) is 65.6 Å². The van der Waals surface area contributed by atoms with Crippen molar-refractivity contribution in [2.45, 2.75) is 20.0 Å². The summed E-state index contributed by atoms with van der Waals surface area (Å²) in [5.41, 5.74) is 2.78. The Kier molecular flexibility index (Phi) is 7.14. The fraction of sp³-hybridized carbons (Fsp3) is 0.115. The summed E-state index contributed by atoms with van der Waals surface area (Å²) in [5.74, 6) is -0.994. The Morgan fingerprint density at radius 2 is 1.65 bits per heavy atom. The zero-order valence-corrected chi connectivity index (χ0v) is 20.5. The number of barbiturate groups is 1. The van der Waals surface area contributed by atoms with Gasteiger partial charge in [-0.2, -0.15) is 0 Å². The molecular weight excluding hydrogens is 520 g/mol. The molecule has 0 spiro atoms. The van der Waals surface area contributed by atoms with Crippen LogP contribution in [0.5, 0.6) is 5.75 Å². The van der Waals surface area contributed by atoms with Crippen molar-refractivity contribution >= 4 is 57.1 Å². The van der Waals surface area contributed by atoms with Crippen molar-refractivity contribution in [1.82, 2.24) is 5.32 Å². The van der Waals surface area contributed by atoms with Gasteiger partial charge in [-0.15, -0.1) is 0 Å². The summed E-state index contributed by atoms with van der Waals surface area (Å²) in [5, 5.41) is 2.56. The topological polar surface area (TPSA) is 75.7 Å². The van der Waals surface area contributed by atoms with Crippen LogP contribution in [0.1, 0.15) is 23.6 Å². The molecule has 1 saturated heterocycles. The summed E-state index contributed by atoms with van der Waals surface area (Å²) in [7, 11) is 0. The van der Waals surface area contributed by atoms with Gasteiger partial charge in [0.15, 0.2) is 0 Å². The maximum Gasteiger partial charge on any atom is 0.335 e. The largest absolute Gasteiger partial charge is 0.487 e. The van der Waals surface area contributed by atoms with E-state index in [-0.39, 0.29) is 5.57 Å². The van der Waals surface area contributed by atoms with E-state index in [9.17, 15) is 14.4 Å². The molecule has 3 aromatic carbocycles. The number of aryl methyl sites for hydroxylation is 1. The molecule has 0 bridgehead atoms. The van der Waals surface area contributed by atoms with Gasteiger partial charge in [0.1, 0.15) is 17.9 Å². The van der Waals surface area contributed by atoms with Gasteiger partial charge in [0.2, 0.25) is 0 Å². The van der Waals surface area contributed by atoms with E-state index in [4.69, 9.17) is 16.3 Å². The number of urea groups is 1. The van der Waals surface area contributed by atoms with Crippen LogP contribution in [0.4, 0.5) is 10.5 Å². The van der Waals surface area contributed by atoms with Crippen LogP contribution in [0.2, 0.25) is 5.02 Å². The molecule has 172 valence electrons. The van der Waals surface area contributed by atoms with Crippen LogP contribution in [0.3, 0.4) is 0 Å². The molecule has 1 aliphatic rings. The number of carbonyl (C=O) groups excluding carboxylic acids is 3. The second-order valence-electron chi connectivity index (χ2n) is 7.58. The van der Waals surface area contributed by atoms with Crippen molar-refractivity contribution in [3.63, 3.8) is 0 Å². The summed E-state index contributed by atoms with van der Waals surface area (Å²) >= 11 is 9.77. The summed E-state index contributed by atoms with van der Waals surface area (Å²) in [4.78, 5) is 38.8. The SMILES string of the molecule is CCc1ccc(N2C(=O)NC(=O)/C(=C\c3ccc(OCc4ccc(Br)cc4)c(Cl)c3)C2=O)cc1. The van der Waals surface area contributed by atoms with E-state index in [2.05, 4.69) is 21.2 Å². The number of rotatable bonds is 6. The number of nitrogens with one attached hydrogen (secondary N) is 1. The average molecular weight is 540 g/mol. The second kappa shape index (κ2) is 10.2. The maximum atomic E-state index is 13.1. The third-order valence-corrected chi connectivity index (χ3v) is 6.10. The Labute approximate surface area is 210 Å². The third-order valence-electron chi connectivity index (χ3n) is 5.28. The summed E-state index contributed by atoms with van der Waals surface area (Å²) < 4.78 is 6.77. The van der Waals surface area contributed by atoms with Gasteiger partial charge in [0.05, 0.1) is 10.7 Å². The number of anilines is 1. The van der Waals surface area contributed by atoms with E-state index in [0.29, 0.717) is 28.6 Å². The highest BCUT2D eigenvalue weighted by atomic mass is 79.9. The summed E-state index contributed by atoms with van der Waals surface area (Å²) in [6.45, 7) is 2.34. The quantitative estimate of drug-likeness (QED) is 0.312. The molecule has 4 amide bonds. The molecule has 1 aliphatic heterocycles. The molecule has 0 aliphatic carbocycles. The minimum absolute atomic E-state index is 0.168. The number of carbonyl (C=O) groups is 3. The van der Waals surface area contributed by atoms with E-state index < -0.39 is 17.8 Å². The van der Waals surface area contributed by atoms with E-state index in [0.717, 1.165) is 26.9 Å². The highest BCUT2D eigenvalue weighted by Crippen LogP contribution is 2.29. The van der Waals surface area contributed by atoms with Crippen LogP contribution >= 0.6 is 27.5 Å². The first-order valence-corrected chi connectivity index (χ1v) is 11.7. The smallest absolute Gasteiger partial charge is 0.335 e. The molecule has 3 aromatic rings. The van der Waals surface area contributed by atoms with Gasteiger partial charge in [-0.1, -0.05) is 64.8 Å². The van der Waals surface area contributed by atoms with Gasteiger partial charge in [-0.3, -0.25) is 14.9 Å². The van der Waals surface area contributed by atoms with Crippen LogP contribution in [0, 0.1) is 0 Å². The molecule has 0 radical (unpaired) electrons. The fourth-order valence-corrected chi connectivity index (χ4v) is 3.91. The number of nitrogens with zero attached hydrogens (tertiary/aromatic N) is 1. The molecule has 0 unspecified atom stereocenters. The summed E-state index contributed by atoms with van der Waals surface area (Å²) in [6.07, 6.45) is 2.23. The monoisotopic (exact) mass is 538 g/mol. The second-order valence-corrected chi connectivity index (χ2v) is 8.91. The molecule has 0 atom stereocenters. The summed E-state index contributed by atoms with van der Waals surface area (Å²) in [6, 6.07) is 18.9. The zero-order valence-electron chi connectivity index (χ0n) is 18.2. The Morgan fingerprint density at radius 1 is 0.971 bits per heavy atom. The molecule has 34 heavy (non-hydrogen) atoms. The third kappa shape index (κ3) is 5.21. The molecule has 1 fully saturated rings. The fourth-order valence-electron chi connectivity index (χ4n) is 3.40. The van der Waals surface area contributed by atoms with Crippen molar-refractivity contribution < 1.29 is 19.1 Å². The lowest BCUT2D eigenvalue weighted by atomic mass is 10.1. The maximum absolute atomic E-state index is 13.1. The lowest BCUT2D eigenvalue weighted by molar-refractivity contribution is -0.122. The van der Waals surface area contributed by atoms with E-state index in [1.807, 2.05) is 43.3 Å². The van der Waals surface area contributed by atoms with Crippen molar-refractivity contribution in [3.05, 3.63) is 98.5 Å². The Bertz CT molecular complexity index is 1290. The number of halogens is 2. The van der Waals surface area contributed by atoms with Crippen LogP contribution in [0.25, 0.3) is 6.08 Å². The lowest BCUT2D eigenvalue weighted by Crippen LogP contribution is -2.54. The standard InChI is InChI=1S/C26H20BrClN2O4/c1-2-16-5-10-20(11-6-16)30-25(32)21(24(31)29-26(30)33)13-18-7-12-23(22(28)14-18)34-15-17-3-8-19(27)9-4-17/h3-14H,2,15H2,1H3,(H,29,31,33)/b21-13+. The molecule has 0 saturated carbocycles. The highest BCUT2D eigenvalue weighted by Gasteiger charge is 2.36. The normalized spacial score (nSPS) is 15.0. The van der Waals surface area contributed by atoms with Crippen molar-refractivity contribution in [2.24, 2.45) is 0 Å². The lowest BCUT2D eigenvalue weighted by Gasteiger charge is -2.26. The van der Waals surface area contributed by atoms with E-state index in [1.165, 1.54) is 6.08 Å². The van der Waals surface area contributed by atoms with Gasteiger partial charge < -0.3 is 4.74 Å². The highest BCUT2D eigenvalue weighted by molar-refractivity contribution is 9.10. The molecule has 0 aromatic heterocycles. The predicted octanol–water partition coefficient (Wildman–Crippen LogP) is 5.91. The number of amides is 4. The number of imide groups is 2. The molecule has 1 heterocycles. The minimum Gasteiger partial charge on any atom is -0.487 e. The average Bonchev–Trinajstić information content (AvgIpc) is 2.82. The van der Waals surface area contributed by atoms with E-state index in [1.54, 1.807) is 30.3 Å². The molecular formula is C26H20BrClN2O4. The predicted molar refractivity (Wildman–Crippen MR) is 135 cm³/mol. The Hall–Kier alpha value is -3.42. The van der Waals surface area contributed by atoms with Gasteiger partial charge in [-0.25, -0.2) is 9.69 Å². The number of benzene rings is 3. The van der Waals surface area contributed by atoms with Crippen molar-refractivity contribution in [2.75, 3.05) is 4.90 Å². The van der Waals surface area contributed by atoms with Gasteiger partial charge >= 0.3 is 6.03 Å². The van der Waals surface area contributed by atoms with Crippen LogP contribution < -0.4 is 15.0 Å². The van der Waals surface area contributed by atoms with E-state index >= 15 is 0 Å². The van der Waals surface area contributed by atoms with Crippen LogP contribution in [0.15, 0.2) is 76.8 Å². The van der Waals surface area contributed by atoms with Crippen LogP contribution in [-0.4, -0.2) is 17.8 Å². The molecule has 8 heteroatoms. The minimum atomic E-state index is -0.786. The first-order chi connectivity index (χ1) is 16.4. The molecule has 4 rings (SSSR count). The van der Waals surface area contributed by atoms with Gasteiger partial charge in [0, 0.05) is 4.47 Å². The zero-order chi connectivity index (χ0) is 24.2. The van der Waals surface area contributed by atoms with Crippen LogP contribution in [-0.2, 0) is 22.6 Å². The van der Waals surface area contributed by atoms with Crippen molar-refractivity contribution in [1.29, 1.82) is 0 Å².